The zero-order valence-electron chi connectivity index (χ0n) is 13.5. The second-order valence-electron chi connectivity index (χ2n) is 6.32. The molecule has 0 aliphatic carbocycles. The molecule has 0 radical (unpaired) electrons. The van der Waals surface area contributed by atoms with Crippen LogP contribution < -0.4 is 0 Å². The molecular weight excluding hydrogens is 284 g/mol. The first kappa shape index (κ1) is 18.2. The van der Waals surface area contributed by atoms with Crippen LogP contribution in [0.15, 0.2) is 24.3 Å². The van der Waals surface area contributed by atoms with E-state index in [4.69, 9.17) is 9.84 Å². The fourth-order valence-corrected chi connectivity index (χ4v) is 2.43. The van der Waals surface area contributed by atoms with Gasteiger partial charge in [-0.15, -0.1) is 0 Å². The molecule has 0 bridgehead atoms. The Morgan fingerprint density at radius 2 is 1.77 bits per heavy atom. The highest BCUT2D eigenvalue weighted by Gasteiger charge is 2.46. The number of carboxylic acids is 1. The molecule has 0 fully saturated rings. The Morgan fingerprint density at radius 3 is 2.23 bits per heavy atom. The lowest BCUT2D eigenvalue weighted by Gasteiger charge is -2.31. The van der Waals surface area contributed by atoms with Crippen LogP contribution in [0.2, 0.25) is 0 Å². The van der Waals surface area contributed by atoms with E-state index in [9.17, 15) is 14.7 Å². The molecule has 0 saturated carbocycles. The number of carbonyl (C=O) groups is 2. The first-order valence-corrected chi connectivity index (χ1v) is 7.30. The number of ether oxygens (including phenoxy) is 1. The summed E-state index contributed by atoms with van der Waals surface area (Å²) < 4.78 is 5.24. The van der Waals surface area contributed by atoms with Crippen LogP contribution >= 0.6 is 0 Å². The molecule has 2 unspecified atom stereocenters. The summed E-state index contributed by atoms with van der Waals surface area (Å²) in [6.45, 7) is 7.17. The minimum absolute atomic E-state index is 0.0472. The van der Waals surface area contributed by atoms with Crippen molar-refractivity contribution in [2.75, 3.05) is 0 Å². The van der Waals surface area contributed by atoms with Gasteiger partial charge in [-0.25, -0.2) is 4.79 Å². The first-order chi connectivity index (χ1) is 10.2. The normalized spacial score (nSPS) is 15.2. The molecule has 0 amide bonds. The molecule has 0 aliphatic heterocycles. The number of aliphatic carboxylic acids is 1. The van der Waals surface area contributed by atoms with Crippen LogP contribution in [0.4, 0.5) is 0 Å². The molecular formula is C17H24O5. The van der Waals surface area contributed by atoms with E-state index in [1.54, 1.807) is 0 Å². The van der Waals surface area contributed by atoms with Crippen LogP contribution in [-0.2, 0) is 20.9 Å². The highest BCUT2D eigenvalue weighted by atomic mass is 16.5. The van der Waals surface area contributed by atoms with Gasteiger partial charge in [0, 0.05) is 0 Å². The fourth-order valence-electron chi connectivity index (χ4n) is 2.43. The third kappa shape index (κ3) is 4.56. The highest BCUT2D eigenvalue weighted by molar-refractivity contribution is 5.85. The van der Waals surface area contributed by atoms with Crippen molar-refractivity contribution in [3.8, 4) is 0 Å². The topological polar surface area (TPSA) is 83.8 Å². The molecule has 0 saturated heterocycles. The third-order valence-corrected chi connectivity index (χ3v) is 3.63. The lowest BCUT2D eigenvalue weighted by Crippen LogP contribution is -2.46. The molecule has 0 aliphatic rings. The maximum absolute atomic E-state index is 12.3. The van der Waals surface area contributed by atoms with E-state index in [1.165, 1.54) is 6.92 Å². The first-order valence-electron chi connectivity index (χ1n) is 7.30. The smallest absolute Gasteiger partial charge is 0.333 e. The van der Waals surface area contributed by atoms with E-state index >= 15 is 0 Å². The van der Waals surface area contributed by atoms with Crippen LogP contribution in [0.5, 0.6) is 0 Å². The second-order valence-corrected chi connectivity index (χ2v) is 6.32. The summed E-state index contributed by atoms with van der Waals surface area (Å²) in [6.07, 6.45) is -1.56. The Balaban J connectivity index is 2.83. The van der Waals surface area contributed by atoms with Gasteiger partial charge in [0.25, 0.3) is 0 Å². The van der Waals surface area contributed by atoms with Crippen LogP contribution in [0.3, 0.4) is 0 Å². The van der Waals surface area contributed by atoms with Gasteiger partial charge in [0.15, 0.2) is 6.10 Å². The van der Waals surface area contributed by atoms with Gasteiger partial charge >= 0.3 is 11.9 Å². The summed E-state index contributed by atoms with van der Waals surface area (Å²) >= 11 is 0. The van der Waals surface area contributed by atoms with Gasteiger partial charge < -0.3 is 14.9 Å². The van der Waals surface area contributed by atoms with Crippen molar-refractivity contribution in [2.45, 2.75) is 46.8 Å². The van der Waals surface area contributed by atoms with Gasteiger partial charge in [-0.1, -0.05) is 43.7 Å². The average Bonchev–Trinajstić information content (AvgIpc) is 2.44. The van der Waals surface area contributed by atoms with Gasteiger partial charge in [-0.05, 0) is 31.7 Å². The quantitative estimate of drug-likeness (QED) is 0.756. The van der Waals surface area contributed by atoms with Gasteiger partial charge in [0.05, 0.1) is 0 Å². The number of rotatable bonds is 7. The summed E-state index contributed by atoms with van der Waals surface area (Å²) in [5.74, 6) is -2.07. The van der Waals surface area contributed by atoms with Crippen molar-refractivity contribution in [3.05, 3.63) is 35.4 Å². The second kappa shape index (κ2) is 7.40. The SMILES string of the molecule is Cc1ccc(COC(=O)C(C)(CC(C)C)C(O)C(=O)O)cc1. The lowest BCUT2D eigenvalue weighted by atomic mass is 9.77. The Labute approximate surface area is 130 Å². The molecule has 22 heavy (non-hydrogen) atoms. The van der Waals surface area contributed by atoms with Crippen LogP contribution in [0, 0.1) is 18.3 Å². The largest absolute Gasteiger partial charge is 0.479 e. The number of carboxylic acid groups (broad SMARTS) is 1. The molecule has 5 heteroatoms. The number of esters is 1. The van der Waals surface area contributed by atoms with E-state index < -0.39 is 23.5 Å². The van der Waals surface area contributed by atoms with E-state index in [2.05, 4.69) is 0 Å². The predicted octanol–water partition coefficient (Wildman–Crippen LogP) is 2.54. The van der Waals surface area contributed by atoms with Crippen molar-refractivity contribution in [3.63, 3.8) is 0 Å². The summed E-state index contributed by atoms with van der Waals surface area (Å²) in [6, 6.07) is 7.50. The molecule has 1 aromatic carbocycles. The van der Waals surface area contributed by atoms with Gasteiger partial charge in [0.2, 0.25) is 0 Å². The molecule has 5 nitrogen and oxygen atoms in total. The molecule has 2 N–H and O–H groups in total. The maximum Gasteiger partial charge on any atom is 0.333 e. The summed E-state index contributed by atoms with van der Waals surface area (Å²) in [5.41, 5.74) is 0.446. The minimum atomic E-state index is -1.79. The Kier molecular flexibility index (Phi) is 6.11. The van der Waals surface area contributed by atoms with Gasteiger partial charge in [-0.2, -0.15) is 0 Å². The van der Waals surface area contributed by atoms with E-state index in [1.807, 2.05) is 45.0 Å². The van der Waals surface area contributed by atoms with Crippen LogP contribution in [0.25, 0.3) is 0 Å². The number of aliphatic hydroxyl groups is 1. The van der Waals surface area contributed by atoms with Crippen molar-refractivity contribution >= 4 is 11.9 Å². The number of hydrogen-bond acceptors (Lipinski definition) is 4. The molecule has 0 heterocycles. The van der Waals surface area contributed by atoms with Crippen molar-refractivity contribution in [2.24, 2.45) is 11.3 Å². The molecule has 0 aromatic heterocycles. The average molecular weight is 308 g/mol. The Bertz CT molecular complexity index is 520. The Hall–Kier alpha value is -1.88. The van der Waals surface area contributed by atoms with Crippen LogP contribution in [0.1, 0.15) is 38.3 Å². The monoisotopic (exact) mass is 308 g/mol. The Morgan fingerprint density at radius 1 is 1.23 bits per heavy atom. The van der Waals surface area contributed by atoms with Gasteiger partial charge in [0.1, 0.15) is 12.0 Å². The minimum Gasteiger partial charge on any atom is -0.479 e. The van der Waals surface area contributed by atoms with E-state index in [-0.39, 0.29) is 18.9 Å². The molecule has 122 valence electrons. The maximum atomic E-state index is 12.3. The number of carbonyl (C=O) groups excluding carboxylic acids is 1. The third-order valence-electron chi connectivity index (χ3n) is 3.63. The summed E-state index contributed by atoms with van der Waals surface area (Å²) in [7, 11) is 0. The summed E-state index contributed by atoms with van der Waals surface area (Å²) in [4.78, 5) is 23.4. The molecule has 1 rings (SSSR count). The predicted molar refractivity (Wildman–Crippen MR) is 82.2 cm³/mol. The number of aryl methyl sites for hydroxylation is 1. The molecule has 2 atom stereocenters. The summed E-state index contributed by atoms with van der Waals surface area (Å²) in [5, 5.41) is 18.9. The highest BCUT2D eigenvalue weighted by Crippen LogP contribution is 2.32. The number of aliphatic hydroxyl groups excluding tert-OH is 1. The van der Waals surface area contributed by atoms with Gasteiger partial charge in [-0.3, -0.25) is 4.79 Å². The molecule has 1 aromatic rings. The van der Waals surface area contributed by atoms with Crippen molar-refractivity contribution in [1.29, 1.82) is 0 Å². The van der Waals surface area contributed by atoms with Crippen molar-refractivity contribution in [1.82, 2.24) is 0 Å². The zero-order valence-corrected chi connectivity index (χ0v) is 13.5. The van der Waals surface area contributed by atoms with Crippen LogP contribution in [-0.4, -0.2) is 28.3 Å². The molecule has 0 spiro atoms. The van der Waals surface area contributed by atoms with E-state index in [0.717, 1.165) is 11.1 Å². The zero-order chi connectivity index (χ0) is 16.9. The standard InChI is InChI=1S/C17H24O5/c1-11(2)9-17(4,14(18)15(19)20)16(21)22-10-13-7-5-12(3)6-8-13/h5-8,11,14,18H,9-10H2,1-4H3,(H,19,20). The van der Waals surface area contributed by atoms with E-state index in [0.29, 0.717) is 0 Å². The fraction of sp³-hybridized carbons (Fsp3) is 0.529. The lowest BCUT2D eigenvalue weighted by molar-refractivity contribution is -0.175. The van der Waals surface area contributed by atoms with Crippen molar-refractivity contribution < 1.29 is 24.5 Å². The number of benzene rings is 1. The number of hydrogen-bond donors (Lipinski definition) is 2.